The Morgan fingerprint density at radius 1 is 1.31 bits per heavy atom. The third-order valence-corrected chi connectivity index (χ3v) is 4.17. The van der Waals surface area contributed by atoms with Crippen molar-refractivity contribution in [2.24, 2.45) is 0 Å². The van der Waals surface area contributed by atoms with Crippen molar-refractivity contribution < 1.29 is 9.00 Å². The Morgan fingerprint density at radius 3 is 2.38 bits per heavy atom. The molecule has 3 heteroatoms. The van der Waals surface area contributed by atoms with Crippen LogP contribution in [0.5, 0.6) is 0 Å². The van der Waals surface area contributed by atoms with Crippen LogP contribution >= 0.6 is 0 Å². The Kier molecular flexibility index (Phi) is 4.87. The number of Topliss-reactive ketones (excluding diaryl/α,β-unsaturated/α-hetero) is 1. The molecule has 16 heavy (non-hydrogen) atoms. The molecule has 1 unspecified atom stereocenters. The van der Waals surface area contributed by atoms with E-state index in [-0.39, 0.29) is 5.78 Å². The monoisotopic (exact) mass is 238 g/mol. The van der Waals surface area contributed by atoms with Crippen LogP contribution < -0.4 is 0 Å². The summed E-state index contributed by atoms with van der Waals surface area (Å²) in [4.78, 5) is 12.4. The van der Waals surface area contributed by atoms with Gasteiger partial charge in [-0.2, -0.15) is 0 Å². The molecule has 2 atom stereocenters. The molecule has 0 N–H and O–H groups in total. The molecule has 88 valence electrons. The molecule has 1 aromatic carbocycles. The Balaban J connectivity index is 2.78. The van der Waals surface area contributed by atoms with Crippen LogP contribution in [0.1, 0.15) is 32.3 Å². The van der Waals surface area contributed by atoms with Gasteiger partial charge in [0.15, 0.2) is 0 Å². The van der Waals surface area contributed by atoms with Crippen molar-refractivity contribution in [3.63, 3.8) is 0 Å². The van der Waals surface area contributed by atoms with Crippen LogP contribution in [0.4, 0.5) is 0 Å². The number of carbonyl (C=O) groups excluding carboxylic acids is 1. The minimum absolute atomic E-state index is 0.0846. The molecular weight excluding hydrogens is 220 g/mol. The van der Waals surface area contributed by atoms with Crippen LogP contribution in [0, 0.1) is 6.92 Å². The van der Waals surface area contributed by atoms with Gasteiger partial charge in [-0.05, 0) is 32.4 Å². The second-order valence-corrected chi connectivity index (χ2v) is 5.74. The number of ketones is 1. The van der Waals surface area contributed by atoms with E-state index in [0.29, 0.717) is 6.42 Å². The summed E-state index contributed by atoms with van der Waals surface area (Å²) in [6, 6.07) is 7.51. The van der Waals surface area contributed by atoms with Crippen LogP contribution in [-0.2, 0) is 15.6 Å². The summed E-state index contributed by atoms with van der Waals surface area (Å²) in [5, 5.41) is -0.400. The van der Waals surface area contributed by atoms with Gasteiger partial charge in [-0.15, -0.1) is 0 Å². The summed E-state index contributed by atoms with van der Waals surface area (Å²) < 4.78 is 12.1. The molecule has 0 aliphatic heterocycles. The fraction of sp³-hybridized carbons (Fsp3) is 0.462. The minimum atomic E-state index is -1.22. The molecule has 0 radical (unpaired) electrons. The van der Waals surface area contributed by atoms with E-state index in [9.17, 15) is 9.00 Å². The molecule has 0 saturated carbocycles. The lowest BCUT2D eigenvalue weighted by atomic mass is 10.2. The van der Waals surface area contributed by atoms with E-state index >= 15 is 0 Å². The van der Waals surface area contributed by atoms with Crippen molar-refractivity contribution >= 4 is 16.6 Å². The standard InChI is InChI=1S/C13H18O2S/c1-4-5-13(14)11(3)16(15)12-8-6-10(2)7-9-12/h6-9,11H,4-5H2,1-3H3/t11-,16?/m0/s1. The molecule has 0 amide bonds. The van der Waals surface area contributed by atoms with Gasteiger partial charge >= 0.3 is 0 Å². The molecule has 0 fully saturated rings. The van der Waals surface area contributed by atoms with E-state index in [2.05, 4.69) is 0 Å². The highest BCUT2D eigenvalue weighted by atomic mass is 32.2. The number of rotatable bonds is 5. The Morgan fingerprint density at radius 2 is 1.88 bits per heavy atom. The summed E-state index contributed by atoms with van der Waals surface area (Å²) in [5.41, 5.74) is 1.13. The van der Waals surface area contributed by atoms with Gasteiger partial charge in [-0.1, -0.05) is 24.6 Å². The Labute approximate surface area is 99.5 Å². The van der Waals surface area contributed by atoms with Crippen molar-refractivity contribution in [1.82, 2.24) is 0 Å². The number of hydrogen-bond donors (Lipinski definition) is 0. The summed E-state index contributed by atoms with van der Waals surface area (Å²) in [7, 11) is -1.22. The first-order chi connectivity index (χ1) is 7.56. The summed E-state index contributed by atoms with van der Waals surface area (Å²) in [5.74, 6) is 0.0846. The minimum Gasteiger partial charge on any atom is -0.298 e. The number of benzene rings is 1. The van der Waals surface area contributed by atoms with Gasteiger partial charge in [0.1, 0.15) is 5.78 Å². The predicted octanol–water partition coefficient (Wildman–Crippen LogP) is 2.86. The van der Waals surface area contributed by atoms with Gasteiger partial charge in [0.05, 0.1) is 16.0 Å². The molecule has 0 aliphatic rings. The second kappa shape index (κ2) is 5.94. The zero-order chi connectivity index (χ0) is 12.1. The molecule has 0 aliphatic carbocycles. The molecule has 0 bridgehead atoms. The first-order valence-corrected chi connectivity index (χ1v) is 6.77. The molecule has 0 spiro atoms. The average Bonchev–Trinajstić information content (AvgIpc) is 2.28. The maximum Gasteiger partial charge on any atom is 0.148 e. The van der Waals surface area contributed by atoms with Crippen LogP contribution in [-0.4, -0.2) is 15.2 Å². The van der Waals surface area contributed by atoms with Gasteiger partial charge in [0.2, 0.25) is 0 Å². The van der Waals surface area contributed by atoms with Gasteiger partial charge in [-0.3, -0.25) is 9.00 Å². The predicted molar refractivity (Wildman–Crippen MR) is 67.0 cm³/mol. The van der Waals surface area contributed by atoms with Gasteiger partial charge in [0.25, 0.3) is 0 Å². The van der Waals surface area contributed by atoms with Crippen molar-refractivity contribution in [3.05, 3.63) is 29.8 Å². The number of aryl methyl sites for hydroxylation is 1. The highest BCUT2D eigenvalue weighted by molar-refractivity contribution is 7.86. The Bertz CT molecular complexity index is 381. The lowest BCUT2D eigenvalue weighted by molar-refractivity contribution is -0.118. The maximum atomic E-state index is 12.1. The average molecular weight is 238 g/mol. The van der Waals surface area contributed by atoms with Crippen LogP contribution in [0.25, 0.3) is 0 Å². The summed E-state index contributed by atoms with van der Waals surface area (Å²) >= 11 is 0. The maximum absolute atomic E-state index is 12.1. The molecular formula is C13H18O2S. The van der Waals surface area contributed by atoms with E-state index < -0.39 is 16.0 Å². The Hall–Kier alpha value is -0.960. The normalized spacial score (nSPS) is 14.4. The zero-order valence-corrected chi connectivity index (χ0v) is 10.8. The lowest BCUT2D eigenvalue weighted by Gasteiger charge is -2.10. The van der Waals surface area contributed by atoms with E-state index in [1.54, 1.807) is 6.92 Å². The number of hydrogen-bond acceptors (Lipinski definition) is 2. The third-order valence-electron chi connectivity index (χ3n) is 2.52. The van der Waals surface area contributed by atoms with Gasteiger partial charge < -0.3 is 0 Å². The van der Waals surface area contributed by atoms with Crippen molar-refractivity contribution in [3.8, 4) is 0 Å². The van der Waals surface area contributed by atoms with Gasteiger partial charge in [-0.25, -0.2) is 0 Å². The smallest absolute Gasteiger partial charge is 0.148 e. The van der Waals surface area contributed by atoms with Crippen LogP contribution in [0.3, 0.4) is 0 Å². The van der Waals surface area contributed by atoms with E-state index in [1.807, 2.05) is 38.1 Å². The fourth-order valence-corrected chi connectivity index (χ4v) is 2.61. The van der Waals surface area contributed by atoms with Crippen molar-refractivity contribution in [2.75, 3.05) is 0 Å². The van der Waals surface area contributed by atoms with E-state index in [4.69, 9.17) is 0 Å². The second-order valence-electron chi connectivity index (χ2n) is 3.97. The quantitative estimate of drug-likeness (QED) is 0.790. The summed E-state index contributed by atoms with van der Waals surface area (Å²) in [6.07, 6.45) is 1.33. The topological polar surface area (TPSA) is 34.1 Å². The molecule has 0 aromatic heterocycles. The largest absolute Gasteiger partial charge is 0.298 e. The molecule has 1 aromatic rings. The van der Waals surface area contributed by atoms with Gasteiger partial charge in [0, 0.05) is 11.3 Å². The zero-order valence-electron chi connectivity index (χ0n) is 10.0. The fourth-order valence-electron chi connectivity index (χ4n) is 1.45. The molecule has 1 rings (SSSR count). The SMILES string of the molecule is CCCC(=O)[C@H](C)S(=O)c1ccc(C)cc1. The van der Waals surface area contributed by atoms with Crippen LogP contribution in [0.15, 0.2) is 29.2 Å². The highest BCUT2D eigenvalue weighted by Gasteiger charge is 2.20. The van der Waals surface area contributed by atoms with Crippen molar-refractivity contribution in [2.45, 2.75) is 43.8 Å². The van der Waals surface area contributed by atoms with E-state index in [0.717, 1.165) is 16.9 Å². The first kappa shape index (κ1) is 13.1. The van der Waals surface area contributed by atoms with E-state index in [1.165, 1.54) is 0 Å². The molecule has 0 saturated heterocycles. The third kappa shape index (κ3) is 3.27. The molecule has 0 heterocycles. The summed E-state index contributed by atoms with van der Waals surface area (Å²) in [6.45, 7) is 5.69. The van der Waals surface area contributed by atoms with Crippen LogP contribution in [0.2, 0.25) is 0 Å². The van der Waals surface area contributed by atoms with Crippen molar-refractivity contribution in [1.29, 1.82) is 0 Å². The number of carbonyl (C=O) groups is 1. The first-order valence-electron chi connectivity index (χ1n) is 5.56. The lowest BCUT2D eigenvalue weighted by Crippen LogP contribution is -2.22. The highest BCUT2D eigenvalue weighted by Crippen LogP contribution is 2.14. The molecule has 2 nitrogen and oxygen atoms in total.